The van der Waals surface area contributed by atoms with E-state index in [1.165, 1.54) is 0 Å². The van der Waals surface area contributed by atoms with E-state index in [0.717, 1.165) is 54.4 Å². The molecular formula is C24H28ClN3O2. The number of amides is 1. The summed E-state index contributed by atoms with van der Waals surface area (Å²) in [5.74, 6) is 1.53. The minimum absolute atomic E-state index is 0.0207. The number of carbonyl (C=O) groups is 1. The molecule has 0 N–H and O–H groups in total. The van der Waals surface area contributed by atoms with Gasteiger partial charge < -0.3 is 4.74 Å². The van der Waals surface area contributed by atoms with E-state index in [2.05, 4.69) is 11.8 Å². The molecule has 0 bridgehead atoms. The average Bonchev–Trinajstić information content (AvgIpc) is 3.21. The number of methoxy groups -OCH3 is 1. The molecule has 158 valence electrons. The number of benzene rings is 2. The number of ether oxygens (including phenoxy) is 1. The summed E-state index contributed by atoms with van der Waals surface area (Å²) in [5, 5.41) is 7.08. The predicted octanol–water partition coefficient (Wildman–Crippen LogP) is 4.76. The van der Waals surface area contributed by atoms with Crippen LogP contribution in [0, 0.1) is 5.92 Å². The molecule has 4 rings (SSSR count). The molecule has 1 atom stereocenters. The molecule has 1 saturated heterocycles. The molecule has 0 aromatic heterocycles. The first-order chi connectivity index (χ1) is 14.5. The van der Waals surface area contributed by atoms with Gasteiger partial charge >= 0.3 is 0 Å². The SMILES string of the molecule is COc1cccc(C2=NN(C(=O)CN3CCC(C)CC3)C(c3ccccc3Cl)C2)c1. The second-order valence-corrected chi connectivity index (χ2v) is 8.62. The Balaban J connectivity index is 1.61. The number of likely N-dealkylation sites (tertiary alicyclic amines) is 1. The fraction of sp³-hybridized carbons (Fsp3) is 0.417. The van der Waals surface area contributed by atoms with Crippen LogP contribution in [0.25, 0.3) is 0 Å². The van der Waals surface area contributed by atoms with Crippen molar-refractivity contribution in [2.45, 2.75) is 32.2 Å². The van der Waals surface area contributed by atoms with E-state index in [1.807, 2.05) is 48.5 Å². The first-order valence-corrected chi connectivity index (χ1v) is 10.9. The summed E-state index contributed by atoms with van der Waals surface area (Å²) in [6.45, 7) is 4.59. The van der Waals surface area contributed by atoms with Crippen molar-refractivity contribution in [3.63, 3.8) is 0 Å². The fourth-order valence-electron chi connectivity index (χ4n) is 4.19. The van der Waals surface area contributed by atoms with Crippen molar-refractivity contribution in [2.75, 3.05) is 26.7 Å². The van der Waals surface area contributed by atoms with Crippen LogP contribution in [-0.4, -0.2) is 48.3 Å². The summed E-state index contributed by atoms with van der Waals surface area (Å²) in [7, 11) is 1.65. The Morgan fingerprint density at radius 1 is 1.17 bits per heavy atom. The van der Waals surface area contributed by atoms with Gasteiger partial charge in [0.25, 0.3) is 5.91 Å². The highest BCUT2D eigenvalue weighted by Gasteiger charge is 2.35. The fourth-order valence-corrected chi connectivity index (χ4v) is 4.45. The van der Waals surface area contributed by atoms with Crippen molar-refractivity contribution in [1.29, 1.82) is 0 Å². The van der Waals surface area contributed by atoms with Gasteiger partial charge in [-0.15, -0.1) is 0 Å². The number of hydrazone groups is 1. The number of carbonyl (C=O) groups excluding carboxylic acids is 1. The van der Waals surface area contributed by atoms with Gasteiger partial charge in [-0.05, 0) is 55.6 Å². The van der Waals surface area contributed by atoms with Crippen molar-refractivity contribution in [3.05, 3.63) is 64.7 Å². The number of nitrogens with zero attached hydrogens (tertiary/aromatic N) is 3. The first kappa shape index (κ1) is 20.9. The van der Waals surface area contributed by atoms with Crippen LogP contribution in [-0.2, 0) is 4.79 Å². The lowest BCUT2D eigenvalue weighted by atomic mass is 9.98. The molecule has 2 aromatic rings. The highest BCUT2D eigenvalue weighted by Crippen LogP contribution is 2.36. The normalized spacial score (nSPS) is 20.3. The molecular weight excluding hydrogens is 398 g/mol. The smallest absolute Gasteiger partial charge is 0.257 e. The quantitative estimate of drug-likeness (QED) is 0.693. The van der Waals surface area contributed by atoms with E-state index < -0.39 is 0 Å². The molecule has 30 heavy (non-hydrogen) atoms. The number of rotatable bonds is 5. The first-order valence-electron chi connectivity index (χ1n) is 10.6. The monoisotopic (exact) mass is 425 g/mol. The predicted molar refractivity (Wildman–Crippen MR) is 120 cm³/mol. The van der Waals surface area contributed by atoms with Crippen LogP contribution in [0.3, 0.4) is 0 Å². The van der Waals surface area contributed by atoms with Crippen molar-refractivity contribution in [1.82, 2.24) is 9.91 Å². The van der Waals surface area contributed by atoms with E-state index in [9.17, 15) is 4.79 Å². The van der Waals surface area contributed by atoms with E-state index in [0.29, 0.717) is 18.0 Å². The molecule has 1 unspecified atom stereocenters. The van der Waals surface area contributed by atoms with Gasteiger partial charge in [0.1, 0.15) is 5.75 Å². The summed E-state index contributed by atoms with van der Waals surface area (Å²) in [6.07, 6.45) is 2.90. The van der Waals surface area contributed by atoms with Crippen LogP contribution in [0.4, 0.5) is 0 Å². The highest BCUT2D eigenvalue weighted by molar-refractivity contribution is 6.31. The number of piperidine rings is 1. The van der Waals surface area contributed by atoms with Crippen LogP contribution in [0.1, 0.15) is 43.4 Å². The van der Waals surface area contributed by atoms with Gasteiger partial charge in [0, 0.05) is 17.0 Å². The summed E-state index contributed by atoms with van der Waals surface area (Å²) in [4.78, 5) is 15.5. The van der Waals surface area contributed by atoms with E-state index in [4.69, 9.17) is 21.4 Å². The number of hydrogen-bond acceptors (Lipinski definition) is 4. The van der Waals surface area contributed by atoms with Crippen molar-refractivity contribution < 1.29 is 9.53 Å². The zero-order chi connectivity index (χ0) is 21.1. The van der Waals surface area contributed by atoms with Gasteiger partial charge in [0.2, 0.25) is 0 Å². The second-order valence-electron chi connectivity index (χ2n) is 8.22. The summed E-state index contributed by atoms with van der Waals surface area (Å²) < 4.78 is 5.37. The van der Waals surface area contributed by atoms with Gasteiger partial charge in [0.05, 0.1) is 25.4 Å². The van der Waals surface area contributed by atoms with Crippen molar-refractivity contribution in [2.24, 2.45) is 11.0 Å². The zero-order valence-electron chi connectivity index (χ0n) is 17.6. The Kier molecular flexibility index (Phi) is 6.40. The maximum Gasteiger partial charge on any atom is 0.257 e. The number of hydrogen-bond donors (Lipinski definition) is 0. The molecule has 1 fully saturated rings. The highest BCUT2D eigenvalue weighted by atomic mass is 35.5. The summed E-state index contributed by atoms with van der Waals surface area (Å²) in [6, 6.07) is 15.3. The molecule has 2 aliphatic rings. The maximum atomic E-state index is 13.3. The number of halogens is 1. The third-order valence-corrected chi connectivity index (χ3v) is 6.41. The Morgan fingerprint density at radius 2 is 1.93 bits per heavy atom. The Morgan fingerprint density at radius 3 is 2.67 bits per heavy atom. The molecule has 6 heteroatoms. The van der Waals surface area contributed by atoms with Gasteiger partial charge in [-0.3, -0.25) is 9.69 Å². The Bertz CT molecular complexity index is 938. The molecule has 0 radical (unpaired) electrons. The lowest BCUT2D eigenvalue weighted by Gasteiger charge is -2.31. The zero-order valence-corrected chi connectivity index (χ0v) is 18.3. The molecule has 2 aromatic carbocycles. The molecule has 2 aliphatic heterocycles. The molecule has 0 saturated carbocycles. The van der Waals surface area contributed by atoms with Crippen LogP contribution in [0.2, 0.25) is 5.02 Å². The van der Waals surface area contributed by atoms with E-state index in [-0.39, 0.29) is 11.9 Å². The van der Waals surface area contributed by atoms with Crippen LogP contribution in [0.5, 0.6) is 5.75 Å². The summed E-state index contributed by atoms with van der Waals surface area (Å²) in [5.41, 5.74) is 2.77. The van der Waals surface area contributed by atoms with Crippen LogP contribution >= 0.6 is 11.6 Å². The third kappa shape index (κ3) is 4.52. The van der Waals surface area contributed by atoms with Gasteiger partial charge in [0.15, 0.2) is 0 Å². The summed E-state index contributed by atoms with van der Waals surface area (Å²) >= 11 is 6.50. The second kappa shape index (κ2) is 9.19. The van der Waals surface area contributed by atoms with E-state index >= 15 is 0 Å². The topological polar surface area (TPSA) is 45.1 Å². The van der Waals surface area contributed by atoms with Crippen molar-refractivity contribution in [3.8, 4) is 5.75 Å². The van der Waals surface area contributed by atoms with Gasteiger partial charge in [-0.25, -0.2) is 5.01 Å². The largest absolute Gasteiger partial charge is 0.497 e. The average molecular weight is 426 g/mol. The Hall–Kier alpha value is -2.37. The van der Waals surface area contributed by atoms with Crippen LogP contribution in [0.15, 0.2) is 53.6 Å². The minimum atomic E-state index is -0.198. The molecule has 0 aliphatic carbocycles. The van der Waals surface area contributed by atoms with Crippen molar-refractivity contribution >= 4 is 23.2 Å². The maximum absolute atomic E-state index is 13.3. The van der Waals surface area contributed by atoms with Gasteiger partial charge in [-0.2, -0.15) is 5.10 Å². The standard InChI is InChI=1S/C24H28ClN3O2/c1-17-10-12-27(13-11-17)16-24(29)28-23(20-8-3-4-9-21(20)25)15-22(26-28)18-6-5-7-19(14-18)30-2/h3-9,14,17,23H,10-13,15-16H2,1-2H3. The third-order valence-electron chi connectivity index (χ3n) is 6.07. The van der Waals surface area contributed by atoms with Gasteiger partial charge in [-0.1, -0.05) is 48.9 Å². The molecule has 5 nitrogen and oxygen atoms in total. The lowest BCUT2D eigenvalue weighted by Crippen LogP contribution is -2.41. The van der Waals surface area contributed by atoms with E-state index in [1.54, 1.807) is 12.1 Å². The lowest BCUT2D eigenvalue weighted by molar-refractivity contribution is -0.134. The van der Waals surface area contributed by atoms with Crippen LogP contribution < -0.4 is 4.74 Å². The molecule has 0 spiro atoms. The minimum Gasteiger partial charge on any atom is -0.497 e. The Labute approximate surface area is 183 Å². The molecule has 2 heterocycles. The molecule has 1 amide bonds.